The van der Waals surface area contributed by atoms with Gasteiger partial charge in [-0.15, -0.1) is 0 Å². The Hall–Kier alpha value is -1.51. The lowest BCUT2D eigenvalue weighted by Crippen LogP contribution is -2.41. The molecule has 2 unspecified atom stereocenters. The molecule has 2 N–H and O–H groups in total. The molecular formula is C17H26N2O. The molecule has 3 nitrogen and oxygen atoms in total. The van der Waals surface area contributed by atoms with Crippen molar-refractivity contribution in [3.05, 3.63) is 29.8 Å². The maximum atomic E-state index is 12.5. The Kier molecular flexibility index (Phi) is 5.45. The van der Waals surface area contributed by atoms with Crippen molar-refractivity contribution in [3.63, 3.8) is 0 Å². The van der Waals surface area contributed by atoms with Crippen LogP contribution in [0.2, 0.25) is 0 Å². The van der Waals surface area contributed by atoms with Crippen molar-refractivity contribution < 1.29 is 4.79 Å². The highest BCUT2D eigenvalue weighted by Crippen LogP contribution is 2.24. The molecule has 0 saturated heterocycles. The summed E-state index contributed by atoms with van der Waals surface area (Å²) in [6, 6.07) is 8.11. The maximum absolute atomic E-state index is 12.5. The monoisotopic (exact) mass is 274 g/mol. The lowest BCUT2D eigenvalue weighted by atomic mass is 9.86. The summed E-state index contributed by atoms with van der Waals surface area (Å²) in [6.45, 7) is 5.26. The third-order valence-corrected chi connectivity index (χ3v) is 4.17. The molecule has 1 amide bonds. The van der Waals surface area contributed by atoms with E-state index in [1.54, 1.807) is 0 Å². The Morgan fingerprint density at radius 2 is 2.00 bits per heavy atom. The molecule has 1 aromatic rings. The molecule has 1 fully saturated rings. The van der Waals surface area contributed by atoms with Gasteiger partial charge in [0.1, 0.15) is 0 Å². The summed E-state index contributed by atoms with van der Waals surface area (Å²) >= 11 is 0. The van der Waals surface area contributed by atoms with Gasteiger partial charge in [-0.3, -0.25) is 4.79 Å². The number of amides is 1. The van der Waals surface area contributed by atoms with Gasteiger partial charge < -0.3 is 10.6 Å². The first-order valence-corrected chi connectivity index (χ1v) is 7.86. The molecule has 2 rings (SSSR count). The highest BCUT2D eigenvalue weighted by molar-refractivity contribution is 5.99. The average molecular weight is 274 g/mol. The molecule has 20 heavy (non-hydrogen) atoms. The van der Waals surface area contributed by atoms with Crippen molar-refractivity contribution >= 4 is 11.6 Å². The first-order chi connectivity index (χ1) is 9.72. The zero-order valence-corrected chi connectivity index (χ0v) is 12.6. The van der Waals surface area contributed by atoms with E-state index >= 15 is 0 Å². The lowest BCUT2D eigenvalue weighted by Gasteiger charge is -2.29. The predicted octanol–water partition coefficient (Wildman–Crippen LogP) is 3.82. The Labute approximate surface area is 122 Å². The van der Waals surface area contributed by atoms with Crippen LogP contribution in [0.5, 0.6) is 0 Å². The minimum absolute atomic E-state index is 0.0583. The van der Waals surface area contributed by atoms with Crippen LogP contribution in [0.15, 0.2) is 24.3 Å². The van der Waals surface area contributed by atoms with Crippen LogP contribution >= 0.6 is 0 Å². The van der Waals surface area contributed by atoms with E-state index < -0.39 is 0 Å². The average Bonchev–Trinajstić information content (AvgIpc) is 2.47. The van der Waals surface area contributed by atoms with Gasteiger partial charge in [0, 0.05) is 18.3 Å². The quantitative estimate of drug-likeness (QED) is 0.857. The van der Waals surface area contributed by atoms with Crippen molar-refractivity contribution in [2.75, 3.05) is 11.9 Å². The molecule has 0 spiro atoms. The Balaban J connectivity index is 2.04. The molecule has 1 aliphatic carbocycles. The molecule has 1 saturated carbocycles. The molecular weight excluding hydrogens is 248 g/mol. The van der Waals surface area contributed by atoms with Crippen molar-refractivity contribution in [2.24, 2.45) is 5.92 Å². The molecule has 1 aliphatic rings. The first-order valence-electron chi connectivity index (χ1n) is 7.86. The van der Waals surface area contributed by atoms with E-state index in [9.17, 15) is 4.79 Å². The van der Waals surface area contributed by atoms with Crippen molar-refractivity contribution in [2.45, 2.75) is 52.0 Å². The van der Waals surface area contributed by atoms with Gasteiger partial charge in [-0.25, -0.2) is 0 Å². The molecule has 0 heterocycles. The van der Waals surface area contributed by atoms with E-state index in [1.807, 2.05) is 24.3 Å². The van der Waals surface area contributed by atoms with Gasteiger partial charge in [-0.2, -0.15) is 0 Å². The number of nitrogens with one attached hydrogen (secondary N) is 2. The van der Waals surface area contributed by atoms with Gasteiger partial charge in [-0.1, -0.05) is 38.8 Å². The van der Waals surface area contributed by atoms with Gasteiger partial charge in [0.2, 0.25) is 0 Å². The van der Waals surface area contributed by atoms with Gasteiger partial charge in [-0.05, 0) is 37.3 Å². The zero-order chi connectivity index (χ0) is 14.4. The highest BCUT2D eigenvalue weighted by atomic mass is 16.1. The second kappa shape index (κ2) is 7.32. The van der Waals surface area contributed by atoms with Crippen molar-refractivity contribution in [3.8, 4) is 0 Å². The Morgan fingerprint density at radius 3 is 2.75 bits per heavy atom. The summed E-state index contributed by atoms with van der Waals surface area (Å²) < 4.78 is 0. The zero-order valence-electron chi connectivity index (χ0n) is 12.6. The summed E-state index contributed by atoms with van der Waals surface area (Å²) in [5.74, 6) is 0.645. The van der Waals surface area contributed by atoms with E-state index in [0.717, 1.165) is 30.6 Å². The minimum Gasteiger partial charge on any atom is -0.384 e. The van der Waals surface area contributed by atoms with Crippen LogP contribution in [0.4, 0.5) is 5.69 Å². The third kappa shape index (κ3) is 3.75. The summed E-state index contributed by atoms with van der Waals surface area (Å²) in [6.07, 6.45) is 5.90. The van der Waals surface area contributed by atoms with Crippen LogP contribution in [0.1, 0.15) is 56.3 Å². The molecule has 110 valence electrons. The first kappa shape index (κ1) is 14.9. The van der Waals surface area contributed by atoms with Crippen LogP contribution in [-0.4, -0.2) is 18.5 Å². The number of benzene rings is 1. The SMILES string of the molecule is CCCNc1ccccc1C(=O)NC1CCCCC1C. The number of para-hydroxylation sites is 1. The van der Waals surface area contributed by atoms with Crippen LogP contribution in [0.25, 0.3) is 0 Å². The predicted molar refractivity (Wildman–Crippen MR) is 84.1 cm³/mol. The fourth-order valence-electron chi connectivity index (χ4n) is 2.87. The molecule has 0 aromatic heterocycles. The molecule has 3 heteroatoms. The maximum Gasteiger partial charge on any atom is 0.253 e. The van der Waals surface area contributed by atoms with Crippen LogP contribution in [-0.2, 0) is 0 Å². The lowest BCUT2D eigenvalue weighted by molar-refractivity contribution is 0.0911. The largest absolute Gasteiger partial charge is 0.384 e. The van der Waals surface area contributed by atoms with Gasteiger partial charge in [0.15, 0.2) is 0 Å². The molecule has 2 atom stereocenters. The number of rotatable bonds is 5. The second-order valence-electron chi connectivity index (χ2n) is 5.81. The number of hydrogen-bond donors (Lipinski definition) is 2. The fraction of sp³-hybridized carbons (Fsp3) is 0.588. The standard InChI is InChI=1S/C17H26N2O/c1-3-12-18-16-11-7-5-9-14(16)17(20)19-15-10-6-4-8-13(15)2/h5,7,9,11,13,15,18H,3-4,6,8,10,12H2,1-2H3,(H,19,20). The fourth-order valence-corrected chi connectivity index (χ4v) is 2.87. The summed E-state index contributed by atoms with van der Waals surface area (Å²) in [5.41, 5.74) is 1.70. The summed E-state index contributed by atoms with van der Waals surface area (Å²) in [4.78, 5) is 12.5. The van der Waals surface area contributed by atoms with E-state index in [1.165, 1.54) is 19.3 Å². The van der Waals surface area contributed by atoms with Gasteiger partial charge in [0.25, 0.3) is 5.91 Å². The third-order valence-electron chi connectivity index (χ3n) is 4.17. The van der Waals surface area contributed by atoms with Gasteiger partial charge >= 0.3 is 0 Å². The minimum atomic E-state index is 0.0583. The molecule has 0 radical (unpaired) electrons. The number of anilines is 1. The number of carbonyl (C=O) groups excluding carboxylic acids is 1. The Bertz CT molecular complexity index is 444. The highest BCUT2D eigenvalue weighted by Gasteiger charge is 2.23. The number of hydrogen-bond acceptors (Lipinski definition) is 2. The Morgan fingerprint density at radius 1 is 1.25 bits per heavy atom. The van der Waals surface area contributed by atoms with E-state index in [0.29, 0.717) is 12.0 Å². The molecule has 0 bridgehead atoms. The van der Waals surface area contributed by atoms with Crippen LogP contribution < -0.4 is 10.6 Å². The van der Waals surface area contributed by atoms with E-state index in [4.69, 9.17) is 0 Å². The van der Waals surface area contributed by atoms with E-state index in [-0.39, 0.29) is 5.91 Å². The topological polar surface area (TPSA) is 41.1 Å². The molecule has 1 aromatic carbocycles. The normalized spacial score (nSPS) is 22.3. The van der Waals surface area contributed by atoms with Gasteiger partial charge in [0.05, 0.1) is 5.56 Å². The summed E-state index contributed by atoms with van der Waals surface area (Å²) in [7, 11) is 0. The van der Waals surface area contributed by atoms with Crippen molar-refractivity contribution in [1.29, 1.82) is 0 Å². The molecule has 0 aliphatic heterocycles. The van der Waals surface area contributed by atoms with Crippen LogP contribution in [0.3, 0.4) is 0 Å². The smallest absolute Gasteiger partial charge is 0.253 e. The second-order valence-corrected chi connectivity index (χ2v) is 5.81. The van der Waals surface area contributed by atoms with Crippen LogP contribution in [0, 0.1) is 5.92 Å². The summed E-state index contributed by atoms with van der Waals surface area (Å²) in [5, 5.41) is 6.55. The van der Waals surface area contributed by atoms with Crippen molar-refractivity contribution in [1.82, 2.24) is 5.32 Å². The van der Waals surface area contributed by atoms with E-state index in [2.05, 4.69) is 24.5 Å². The number of carbonyl (C=O) groups is 1.